The molecule has 0 radical (unpaired) electrons. The van der Waals surface area contributed by atoms with Gasteiger partial charge in [-0.3, -0.25) is 4.79 Å². The van der Waals surface area contributed by atoms with E-state index in [0.29, 0.717) is 32.2 Å². The van der Waals surface area contributed by atoms with Crippen LogP contribution >= 0.6 is 12.4 Å². The second kappa shape index (κ2) is 7.55. The second-order valence-corrected chi connectivity index (χ2v) is 5.91. The molecular formula is C15H15ClF6N4O. The zero-order valence-corrected chi connectivity index (χ0v) is 14.5. The minimum atomic E-state index is -5.01. The standard InChI is InChI=1S/C15H14F6N4O.ClH/c16-14(17,18)8-5-9(15(19,20)21)13-10(6-8)23-11(24-13)7-12(26)25-3-1-22-2-4-25;/h5-6,22H,1-4,7H2,(H,23,24);1H. The first kappa shape index (κ1) is 21.3. The number of aromatic nitrogens is 2. The largest absolute Gasteiger partial charge is 0.418 e. The van der Waals surface area contributed by atoms with Crippen molar-refractivity contribution < 1.29 is 31.1 Å². The van der Waals surface area contributed by atoms with Crippen LogP contribution in [0.4, 0.5) is 26.3 Å². The van der Waals surface area contributed by atoms with Gasteiger partial charge in [-0.05, 0) is 12.1 Å². The predicted molar refractivity (Wildman–Crippen MR) is 86.5 cm³/mol. The van der Waals surface area contributed by atoms with E-state index in [0.717, 1.165) is 0 Å². The molecule has 0 aliphatic carbocycles. The van der Waals surface area contributed by atoms with Crippen LogP contribution < -0.4 is 5.32 Å². The quantitative estimate of drug-likeness (QED) is 0.740. The van der Waals surface area contributed by atoms with Crippen molar-refractivity contribution in [3.05, 3.63) is 29.1 Å². The maximum Gasteiger partial charge on any atom is 0.418 e. The molecule has 2 heterocycles. The van der Waals surface area contributed by atoms with Crippen molar-refractivity contribution in [2.45, 2.75) is 18.8 Å². The van der Waals surface area contributed by atoms with E-state index < -0.39 is 34.5 Å². The number of carbonyl (C=O) groups excluding carboxylic acids is 1. The van der Waals surface area contributed by atoms with Crippen molar-refractivity contribution in [2.75, 3.05) is 26.2 Å². The maximum atomic E-state index is 13.1. The number of aromatic amines is 1. The molecule has 0 atom stereocenters. The smallest absolute Gasteiger partial charge is 0.342 e. The summed E-state index contributed by atoms with van der Waals surface area (Å²) in [6, 6.07) is 0.599. The molecular weight excluding hydrogens is 402 g/mol. The summed E-state index contributed by atoms with van der Waals surface area (Å²) in [6.07, 6.45) is -10.3. The van der Waals surface area contributed by atoms with E-state index in [9.17, 15) is 31.1 Å². The Hall–Kier alpha value is -2.01. The molecule has 27 heavy (non-hydrogen) atoms. The van der Waals surface area contributed by atoms with Crippen LogP contribution in [0, 0.1) is 0 Å². The molecule has 1 amide bonds. The highest BCUT2D eigenvalue weighted by molar-refractivity contribution is 5.85. The molecule has 0 saturated carbocycles. The Kier molecular flexibility index (Phi) is 5.95. The highest BCUT2D eigenvalue weighted by atomic mass is 35.5. The monoisotopic (exact) mass is 416 g/mol. The third-order valence-electron chi connectivity index (χ3n) is 4.06. The van der Waals surface area contributed by atoms with E-state index in [-0.39, 0.29) is 36.6 Å². The molecule has 2 N–H and O–H groups in total. The number of alkyl halides is 6. The molecule has 1 aliphatic rings. The Balaban J connectivity index is 0.00000261. The molecule has 0 bridgehead atoms. The van der Waals surface area contributed by atoms with E-state index >= 15 is 0 Å². The van der Waals surface area contributed by atoms with E-state index in [4.69, 9.17) is 0 Å². The van der Waals surface area contributed by atoms with E-state index in [1.54, 1.807) is 0 Å². The fourth-order valence-electron chi connectivity index (χ4n) is 2.80. The number of piperazine rings is 1. The van der Waals surface area contributed by atoms with E-state index in [2.05, 4.69) is 15.3 Å². The zero-order chi connectivity index (χ0) is 19.1. The minimum absolute atomic E-state index is 0. The van der Waals surface area contributed by atoms with Crippen LogP contribution in [0.25, 0.3) is 11.0 Å². The van der Waals surface area contributed by atoms with Crippen LogP contribution in [0.5, 0.6) is 0 Å². The lowest BCUT2D eigenvalue weighted by Gasteiger charge is -2.27. The molecule has 150 valence electrons. The second-order valence-electron chi connectivity index (χ2n) is 5.91. The van der Waals surface area contributed by atoms with Crippen LogP contribution in [0.1, 0.15) is 17.0 Å². The lowest BCUT2D eigenvalue weighted by Crippen LogP contribution is -2.47. The van der Waals surface area contributed by atoms with Gasteiger partial charge >= 0.3 is 12.4 Å². The van der Waals surface area contributed by atoms with Crippen LogP contribution in [0.2, 0.25) is 0 Å². The van der Waals surface area contributed by atoms with Crippen LogP contribution in [-0.2, 0) is 23.6 Å². The lowest BCUT2D eigenvalue weighted by molar-refractivity contribution is -0.142. The molecule has 1 fully saturated rings. The Morgan fingerprint density at radius 2 is 1.70 bits per heavy atom. The van der Waals surface area contributed by atoms with Gasteiger partial charge in [0, 0.05) is 26.2 Å². The first-order valence-electron chi connectivity index (χ1n) is 7.71. The molecule has 1 aliphatic heterocycles. The summed E-state index contributed by atoms with van der Waals surface area (Å²) in [7, 11) is 0. The van der Waals surface area contributed by atoms with E-state index in [1.807, 2.05) is 0 Å². The van der Waals surface area contributed by atoms with Crippen molar-refractivity contribution in [1.29, 1.82) is 0 Å². The summed E-state index contributed by atoms with van der Waals surface area (Å²) in [6.45, 7) is 2.09. The summed E-state index contributed by atoms with van der Waals surface area (Å²) in [5, 5.41) is 3.05. The Labute approximate surface area is 155 Å². The van der Waals surface area contributed by atoms with Gasteiger partial charge in [-0.1, -0.05) is 0 Å². The highest BCUT2D eigenvalue weighted by Crippen LogP contribution is 2.39. The molecule has 1 aromatic heterocycles. The first-order valence-corrected chi connectivity index (χ1v) is 7.71. The van der Waals surface area contributed by atoms with Gasteiger partial charge < -0.3 is 15.2 Å². The average Bonchev–Trinajstić information content (AvgIpc) is 2.95. The van der Waals surface area contributed by atoms with Gasteiger partial charge in [0.25, 0.3) is 0 Å². The van der Waals surface area contributed by atoms with Gasteiger partial charge in [-0.2, -0.15) is 26.3 Å². The SMILES string of the molecule is Cl.O=C(Cc1nc2c(C(F)(F)F)cc(C(F)(F)F)cc2[nH]1)N1CCNCC1. The number of hydrogen-bond acceptors (Lipinski definition) is 3. The number of fused-ring (bicyclic) bond motifs is 1. The van der Waals surface area contributed by atoms with Crippen LogP contribution in [-0.4, -0.2) is 47.0 Å². The summed E-state index contributed by atoms with van der Waals surface area (Å²) >= 11 is 0. The van der Waals surface area contributed by atoms with Crippen molar-refractivity contribution in [3.8, 4) is 0 Å². The number of carbonyl (C=O) groups is 1. The van der Waals surface area contributed by atoms with Crippen molar-refractivity contribution >= 4 is 29.3 Å². The van der Waals surface area contributed by atoms with Gasteiger partial charge in [0.15, 0.2) is 0 Å². The summed E-state index contributed by atoms with van der Waals surface area (Å²) in [4.78, 5) is 19.9. The fourth-order valence-corrected chi connectivity index (χ4v) is 2.80. The first-order chi connectivity index (χ1) is 12.1. The fraction of sp³-hybridized carbons (Fsp3) is 0.467. The van der Waals surface area contributed by atoms with Gasteiger partial charge in [0.05, 0.1) is 23.1 Å². The number of nitrogens with zero attached hydrogens (tertiary/aromatic N) is 2. The number of H-pyrrole nitrogens is 1. The summed E-state index contributed by atoms with van der Waals surface area (Å²) < 4.78 is 78.1. The molecule has 1 saturated heterocycles. The van der Waals surface area contributed by atoms with Gasteiger partial charge in [-0.15, -0.1) is 12.4 Å². The van der Waals surface area contributed by atoms with Crippen molar-refractivity contribution in [3.63, 3.8) is 0 Å². The van der Waals surface area contributed by atoms with Crippen LogP contribution in [0.15, 0.2) is 12.1 Å². The number of amides is 1. The molecule has 2 aromatic rings. The summed E-state index contributed by atoms with van der Waals surface area (Å²) in [5.74, 6) is -0.455. The maximum absolute atomic E-state index is 13.1. The Bertz CT molecular complexity index is 826. The number of halogens is 7. The van der Waals surface area contributed by atoms with Crippen molar-refractivity contribution in [1.82, 2.24) is 20.2 Å². The number of imidazole rings is 1. The Morgan fingerprint density at radius 1 is 1.07 bits per heavy atom. The topological polar surface area (TPSA) is 61.0 Å². The Morgan fingerprint density at radius 3 is 2.26 bits per heavy atom. The molecule has 5 nitrogen and oxygen atoms in total. The molecule has 3 rings (SSSR count). The lowest BCUT2D eigenvalue weighted by atomic mass is 10.1. The number of nitrogens with one attached hydrogen (secondary N) is 2. The third kappa shape index (κ3) is 4.64. The molecule has 0 unspecified atom stereocenters. The molecule has 12 heteroatoms. The number of benzene rings is 1. The number of rotatable bonds is 2. The molecule has 1 aromatic carbocycles. The average molecular weight is 417 g/mol. The minimum Gasteiger partial charge on any atom is -0.342 e. The van der Waals surface area contributed by atoms with Gasteiger partial charge in [-0.25, -0.2) is 4.98 Å². The predicted octanol–water partition coefficient (Wildman–Crippen LogP) is 3.00. The van der Waals surface area contributed by atoms with Crippen LogP contribution in [0.3, 0.4) is 0 Å². The van der Waals surface area contributed by atoms with E-state index in [1.165, 1.54) is 4.90 Å². The molecule has 0 spiro atoms. The highest BCUT2D eigenvalue weighted by Gasteiger charge is 2.39. The van der Waals surface area contributed by atoms with Gasteiger partial charge in [0.1, 0.15) is 11.3 Å². The van der Waals surface area contributed by atoms with Crippen molar-refractivity contribution in [2.24, 2.45) is 0 Å². The third-order valence-corrected chi connectivity index (χ3v) is 4.06. The number of hydrogen-bond donors (Lipinski definition) is 2. The summed E-state index contributed by atoms with van der Waals surface area (Å²) in [5.41, 5.74) is -3.95. The normalized spacial score (nSPS) is 15.7. The zero-order valence-electron chi connectivity index (χ0n) is 13.7. The van der Waals surface area contributed by atoms with Gasteiger partial charge in [0.2, 0.25) is 5.91 Å².